The lowest BCUT2D eigenvalue weighted by Gasteiger charge is -2.06. The normalized spacial score (nSPS) is 10.7. The Morgan fingerprint density at radius 1 is 0.963 bits per heavy atom. The maximum Gasteiger partial charge on any atom is 0.277 e. The van der Waals surface area contributed by atoms with E-state index in [1.54, 1.807) is 12.1 Å². The van der Waals surface area contributed by atoms with Crippen molar-refractivity contribution in [2.24, 2.45) is 5.10 Å². The Labute approximate surface area is 156 Å². The second kappa shape index (κ2) is 8.53. The number of hydrazone groups is 1. The first-order chi connectivity index (χ1) is 13.1. The van der Waals surface area contributed by atoms with Gasteiger partial charge in [0.15, 0.2) is 6.61 Å². The minimum Gasteiger partial charge on any atom is -0.508 e. The van der Waals surface area contributed by atoms with Crippen LogP contribution in [-0.2, 0) is 4.79 Å². The van der Waals surface area contributed by atoms with E-state index >= 15 is 0 Å². The van der Waals surface area contributed by atoms with E-state index in [9.17, 15) is 15.0 Å². The van der Waals surface area contributed by atoms with Gasteiger partial charge in [-0.05, 0) is 35.4 Å². The van der Waals surface area contributed by atoms with Crippen LogP contribution in [-0.4, -0.2) is 28.9 Å². The molecule has 0 radical (unpaired) electrons. The molecule has 3 N–H and O–H groups in total. The number of carbonyl (C=O) groups excluding carboxylic acids is 1. The number of nitrogens with zero attached hydrogens (tertiary/aromatic N) is 1. The Kier molecular flexibility index (Phi) is 5.69. The predicted octanol–water partition coefficient (Wildman–Crippen LogP) is 3.29. The first kappa shape index (κ1) is 18.0. The van der Waals surface area contributed by atoms with Gasteiger partial charge in [-0.3, -0.25) is 4.79 Å². The number of ether oxygens (including phenoxy) is 1. The Morgan fingerprint density at radius 3 is 2.37 bits per heavy atom. The molecule has 3 aromatic carbocycles. The lowest BCUT2D eigenvalue weighted by molar-refractivity contribution is -0.123. The molecular weight excluding hydrogens is 344 g/mol. The number of aromatic hydroxyl groups is 2. The van der Waals surface area contributed by atoms with Crippen LogP contribution in [0.3, 0.4) is 0 Å². The zero-order valence-corrected chi connectivity index (χ0v) is 14.4. The van der Waals surface area contributed by atoms with Crippen molar-refractivity contribution >= 4 is 12.1 Å². The highest BCUT2D eigenvalue weighted by Crippen LogP contribution is 2.22. The monoisotopic (exact) mass is 362 g/mol. The van der Waals surface area contributed by atoms with Gasteiger partial charge < -0.3 is 14.9 Å². The van der Waals surface area contributed by atoms with E-state index < -0.39 is 5.91 Å². The van der Waals surface area contributed by atoms with Gasteiger partial charge in [-0.15, -0.1) is 0 Å². The molecule has 0 atom stereocenters. The molecule has 0 fully saturated rings. The van der Waals surface area contributed by atoms with Crippen LogP contribution in [0.4, 0.5) is 0 Å². The summed E-state index contributed by atoms with van der Waals surface area (Å²) >= 11 is 0. The lowest BCUT2D eigenvalue weighted by atomic mass is 10.1. The lowest BCUT2D eigenvalue weighted by Crippen LogP contribution is -2.24. The van der Waals surface area contributed by atoms with Crippen molar-refractivity contribution in [3.05, 3.63) is 78.4 Å². The molecule has 3 aromatic rings. The summed E-state index contributed by atoms with van der Waals surface area (Å²) < 4.78 is 5.43. The third kappa shape index (κ3) is 5.09. The molecule has 1 amide bonds. The summed E-state index contributed by atoms with van der Waals surface area (Å²) in [6.07, 6.45) is 1.28. The minimum absolute atomic E-state index is 0.0552. The van der Waals surface area contributed by atoms with Crippen molar-refractivity contribution in [3.63, 3.8) is 0 Å². The predicted molar refractivity (Wildman–Crippen MR) is 103 cm³/mol. The van der Waals surface area contributed by atoms with Gasteiger partial charge >= 0.3 is 0 Å². The SMILES string of the molecule is O=C(COc1ccc(-c2ccccc2)cc1)NN=Cc1ccc(O)cc1O. The second-order valence-corrected chi connectivity index (χ2v) is 5.72. The van der Waals surface area contributed by atoms with Crippen LogP contribution in [0, 0.1) is 0 Å². The molecule has 0 aromatic heterocycles. The standard InChI is InChI=1S/C21H18N2O4/c24-18-9-6-17(20(25)12-18)13-22-23-21(26)14-27-19-10-7-16(8-11-19)15-4-2-1-3-5-15/h1-13,24-25H,14H2,(H,23,26). The van der Waals surface area contributed by atoms with E-state index in [0.717, 1.165) is 11.1 Å². The summed E-state index contributed by atoms with van der Waals surface area (Å²) in [5.74, 6) is -0.0511. The van der Waals surface area contributed by atoms with Crippen LogP contribution in [0.5, 0.6) is 17.2 Å². The van der Waals surface area contributed by atoms with Gasteiger partial charge in [-0.25, -0.2) is 5.43 Å². The second-order valence-electron chi connectivity index (χ2n) is 5.72. The molecule has 3 rings (SSSR count). The van der Waals surface area contributed by atoms with E-state index in [4.69, 9.17) is 4.74 Å². The number of amides is 1. The molecule has 0 aliphatic carbocycles. The van der Waals surface area contributed by atoms with Crippen molar-refractivity contribution in [1.29, 1.82) is 0 Å². The van der Waals surface area contributed by atoms with Gasteiger partial charge in [-0.1, -0.05) is 42.5 Å². The van der Waals surface area contributed by atoms with Gasteiger partial charge in [0.1, 0.15) is 17.2 Å². The van der Waals surface area contributed by atoms with Gasteiger partial charge in [0.2, 0.25) is 0 Å². The molecular formula is C21H18N2O4. The molecule has 27 heavy (non-hydrogen) atoms. The zero-order chi connectivity index (χ0) is 19.1. The molecule has 6 heteroatoms. The smallest absolute Gasteiger partial charge is 0.277 e. The summed E-state index contributed by atoms with van der Waals surface area (Å²) in [6.45, 7) is -0.191. The van der Waals surface area contributed by atoms with Crippen LogP contribution < -0.4 is 10.2 Å². The number of rotatable bonds is 6. The number of phenolic OH excluding ortho intramolecular Hbond substituents is 2. The maximum atomic E-state index is 11.8. The van der Waals surface area contributed by atoms with Crippen LogP contribution in [0.15, 0.2) is 77.9 Å². The zero-order valence-electron chi connectivity index (χ0n) is 14.4. The topological polar surface area (TPSA) is 91.2 Å². The Bertz CT molecular complexity index is 938. The van der Waals surface area contributed by atoms with Gasteiger partial charge in [0, 0.05) is 11.6 Å². The van der Waals surface area contributed by atoms with Gasteiger partial charge in [0.25, 0.3) is 5.91 Å². The van der Waals surface area contributed by atoms with Crippen molar-refractivity contribution in [2.75, 3.05) is 6.61 Å². The molecule has 0 saturated heterocycles. The Balaban J connectivity index is 1.49. The highest BCUT2D eigenvalue weighted by Gasteiger charge is 2.03. The maximum absolute atomic E-state index is 11.8. The molecule has 0 aliphatic heterocycles. The average Bonchev–Trinajstić information content (AvgIpc) is 2.69. The highest BCUT2D eigenvalue weighted by atomic mass is 16.5. The molecule has 0 saturated carbocycles. The van der Waals surface area contributed by atoms with Crippen LogP contribution in [0.1, 0.15) is 5.56 Å². The first-order valence-corrected chi connectivity index (χ1v) is 8.24. The third-order valence-corrected chi connectivity index (χ3v) is 3.74. The van der Waals surface area contributed by atoms with E-state index in [-0.39, 0.29) is 18.1 Å². The molecule has 0 heterocycles. The number of hydrogen-bond donors (Lipinski definition) is 3. The van der Waals surface area contributed by atoms with Gasteiger partial charge in [0.05, 0.1) is 6.21 Å². The fraction of sp³-hybridized carbons (Fsp3) is 0.0476. The van der Waals surface area contributed by atoms with Crippen LogP contribution in [0.25, 0.3) is 11.1 Å². The van der Waals surface area contributed by atoms with Crippen LogP contribution in [0.2, 0.25) is 0 Å². The van der Waals surface area contributed by atoms with Crippen molar-refractivity contribution in [3.8, 4) is 28.4 Å². The summed E-state index contributed by atoms with van der Waals surface area (Å²) in [6, 6.07) is 21.5. The van der Waals surface area contributed by atoms with Crippen LogP contribution >= 0.6 is 0 Å². The molecule has 0 spiro atoms. The Morgan fingerprint density at radius 2 is 1.67 bits per heavy atom. The molecule has 0 aliphatic rings. The summed E-state index contributed by atoms with van der Waals surface area (Å²) in [7, 11) is 0. The summed E-state index contributed by atoms with van der Waals surface area (Å²) in [5.41, 5.74) is 4.84. The Hall–Kier alpha value is -3.80. The van der Waals surface area contributed by atoms with E-state index in [1.807, 2.05) is 42.5 Å². The minimum atomic E-state index is -0.434. The molecule has 6 nitrogen and oxygen atoms in total. The van der Waals surface area contributed by atoms with Crippen molar-refractivity contribution < 1.29 is 19.7 Å². The van der Waals surface area contributed by atoms with E-state index in [1.165, 1.54) is 24.4 Å². The average molecular weight is 362 g/mol. The van der Waals surface area contributed by atoms with Crippen molar-refractivity contribution in [1.82, 2.24) is 5.43 Å². The van der Waals surface area contributed by atoms with E-state index in [0.29, 0.717) is 11.3 Å². The molecule has 0 unspecified atom stereocenters. The summed E-state index contributed by atoms with van der Waals surface area (Å²) in [4.78, 5) is 11.8. The fourth-order valence-electron chi connectivity index (χ4n) is 2.37. The molecule has 0 bridgehead atoms. The highest BCUT2D eigenvalue weighted by molar-refractivity contribution is 5.85. The quantitative estimate of drug-likeness (QED) is 0.463. The first-order valence-electron chi connectivity index (χ1n) is 8.24. The number of hydrogen-bond acceptors (Lipinski definition) is 5. The number of nitrogens with one attached hydrogen (secondary N) is 1. The number of carbonyl (C=O) groups is 1. The summed E-state index contributed by atoms with van der Waals surface area (Å²) in [5, 5.41) is 22.6. The third-order valence-electron chi connectivity index (χ3n) is 3.74. The number of phenols is 2. The fourth-order valence-corrected chi connectivity index (χ4v) is 2.37. The number of benzene rings is 3. The molecule has 136 valence electrons. The largest absolute Gasteiger partial charge is 0.508 e. The van der Waals surface area contributed by atoms with Crippen molar-refractivity contribution in [2.45, 2.75) is 0 Å². The van der Waals surface area contributed by atoms with Gasteiger partial charge in [-0.2, -0.15) is 5.10 Å². The van der Waals surface area contributed by atoms with E-state index in [2.05, 4.69) is 10.5 Å².